The molecule has 5 heteroatoms. The minimum Gasteiger partial charge on any atom is -0.508 e. The third-order valence-electron chi connectivity index (χ3n) is 1.53. The van der Waals surface area contributed by atoms with E-state index in [4.69, 9.17) is 14.9 Å². The molecule has 0 atom stereocenters. The van der Waals surface area contributed by atoms with Crippen LogP contribution in [0.25, 0.3) is 0 Å². The number of aromatic hydroxyl groups is 1. The Labute approximate surface area is 94.9 Å². The van der Waals surface area contributed by atoms with Gasteiger partial charge in [-0.25, -0.2) is 4.79 Å². The maximum atomic E-state index is 9.62. The first kappa shape index (κ1) is 14.1. The Hall–Kier alpha value is -1.91. The van der Waals surface area contributed by atoms with Crippen LogP contribution in [-0.4, -0.2) is 41.9 Å². The second kappa shape index (κ2) is 7.39. The van der Waals surface area contributed by atoms with E-state index in [1.165, 1.54) is 14.1 Å². The van der Waals surface area contributed by atoms with Crippen molar-refractivity contribution >= 4 is 6.09 Å². The summed E-state index contributed by atoms with van der Waals surface area (Å²) in [5.74, 6) is 1.06. The molecule has 0 aliphatic carbocycles. The number of benzene rings is 1. The van der Waals surface area contributed by atoms with Crippen LogP contribution in [0.4, 0.5) is 4.79 Å². The highest BCUT2D eigenvalue weighted by Crippen LogP contribution is 2.15. The molecule has 5 nitrogen and oxygen atoms in total. The Morgan fingerprint density at radius 2 is 1.75 bits per heavy atom. The summed E-state index contributed by atoms with van der Waals surface area (Å²) in [4.78, 5) is 10.7. The van der Waals surface area contributed by atoms with E-state index in [9.17, 15) is 4.79 Å². The Morgan fingerprint density at radius 1 is 1.31 bits per heavy atom. The van der Waals surface area contributed by atoms with Crippen molar-refractivity contribution in [2.75, 3.05) is 20.7 Å². The number of nitrogens with zero attached hydrogens (tertiary/aromatic N) is 1. The van der Waals surface area contributed by atoms with Gasteiger partial charge in [-0.1, -0.05) is 0 Å². The van der Waals surface area contributed by atoms with E-state index in [2.05, 4.69) is 0 Å². The highest BCUT2D eigenvalue weighted by Gasteiger charge is 1.92. The smallest absolute Gasteiger partial charge is 0.406 e. The Bertz CT molecular complexity index is 308. The van der Waals surface area contributed by atoms with E-state index in [-0.39, 0.29) is 5.75 Å². The predicted octanol–water partition coefficient (Wildman–Crippen LogP) is 2.02. The van der Waals surface area contributed by atoms with E-state index in [0.29, 0.717) is 6.61 Å². The summed E-state index contributed by atoms with van der Waals surface area (Å²) >= 11 is 0. The molecule has 0 spiro atoms. The van der Waals surface area contributed by atoms with Crippen LogP contribution in [0.3, 0.4) is 0 Å². The van der Waals surface area contributed by atoms with Crippen LogP contribution in [0.15, 0.2) is 24.3 Å². The first-order chi connectivity index (χ1) is 7.47. The van der Waals surface area contributed by atoms with Gasteiger partial charge in [0.15, 0.2) is 0 Å². The number of phenols is 1. The van der Waals surface area contributed by atoms with Gasteiger partial charge in [0, 0.05) is 14.1 Å². The molecule has 0 radical (unpaired) electrons. The number of hydrogen-bond acceptors (Lipinski definition) is 3. The summed E-state index contributed by atoms with van der Waals surface area (Å²) in [6.07, 6.45) is -0.907. The van der Waals surface area contributed by atoms with Crippen molar-refractivity contribution in [2.24, 2.45) is 0 Å². The zero-order chi connectivity index (χ0) is 12.6. The standard InChI is InChI=1S/C8H10O2.C3H7NO2/c1-2-10-8-5-3-7(9)4-6-8;1-4(2)3(5)6/h3-6,9H,2H2,1H3;1-2H3,(H,5,6). The van der Waals surface area contributed by atoms with Gasteiger partial charge in [-0.15, -0.1) is 0 Å². The number of ether oxygens (including phenoxy) is 1. The summed E-state index contributed by atoms with van der Waals surface area (Å²) in [6.45, 7) is 2.58. The molecular formula is C11H17NO4. The lowest BCUT2D eigenvalue weighted by Gasteiger charge is -2.00. The predicted molar refractivity (Wildman–Crippen MR) is 61.0 cm³/mol. The molecule has 0 fully saturated rings. The number of carbonyl (C=O) groups is 1. The molecule has 1 rings (SSSR count). The van der Waals surface area contributed by atoms with Crippen molar-refractivity contribution in [1.82, 2.24) is 4.90 Å². The molecule has 0 bridgehead atoms. The topological polar surface area (TPSA) is 70.0 Å². The number of amides is 1. The van der Waals surface area contributed by atoms with Gasteiger partial charge in [0.2, 0.25) is 0 Å². The maximum Gasteiger partial charge on any atom is 0.406 e. The normalized spacial score (nSPS) is 8.69. The SMILES string of the molecule is CCOc1ccc(O)cc1.CN(C)C(=O)O. The third kappa shape index (κ3) is 6.53. The third-order valence-corrected chi connectivity index (χ3v) is 1.53. The highest BCUT2D eigenvalue weighted by molar-refractivity contribution is 5.63. The van der Waals surface area contributed by atoms with Crippen molar-refractivity contribution in [3.05, 3.63) is 24.3 Å². The highest BCUT2D eigenvalue weighted by atomic mass is 16.5. The zero-order valence-electron chi connectivity index (χ0n) is 9.67. The molecular weight excluding hydrogens is 210 g/mol. The monoisotopic (exact) mass is 227 g/mol. The first-order valence-electron chi connectivity index (χ1n) is 4.79. The molecule has 1 aromatic carbocycles. The number of rotatable bonds is 2. The average molecular weight is 227 g/mol. The van der Waals surface area contributed by atoms with Gasteiger partial charge < -0.3 is 19.8 Å². The lowest BCUT2D eigenvalue weighted by atomic mass is 10.3. The van der Waals surface area contributed by atoms with Crippen LogP contribution in [0.2, 0.25) is 0 Å². The zero-order valence-corrected chi connectivity index (χ0v) is 9.67. The Kier molecular flexibility index (Phi) is 6.51. The summed E-state index contributed by atoms with van der Waals surface area (Å²) in [5.41, 5.74) is 0. The van der Waals surface area contributed by atoms with Crippen molar-refractivity contribution in [3.8, 4) is 11.5 Å². The molecule has 1 aromatic rings. The molecule has 0 saturated carbocycles. The van der Waals surface area contributed by atoms with Crippen LogP contribution >= 0.6 is 0 Å². The van der Waals surface area contributed by atoms with E-state index in [1.54, 1.807) is 24.3 Å². The van der Waals surface area contributed by atoms with Gasteiger partial charge in [0.1, 0.15) is 11.5 Å². The Balaban J connectivity index is 0.000000325. The molecule has 0 aromatic heterocycles. The second-order valence-corrected chi connectivity index (χ2v) is 3.10. The molecule has 0 unspecified atom stereocenters. The molecule has 0 saturated heterocycles. The van der Waals surface area contributed by atoms with Crippen molar-refractivity contribution in [2.45, 2.75) is 6.92 Å². The van der Waals surface area contributed by atoms with E-state index >= 15 is 0 Å². The number of carboxylic acid groups (broad SMARTS) is 1. The van der Waals surface area contributed by atoms with Crippen molar-refractivity contribution < 1.29 is 19.7 Å². The maximum absolute atomic E-state index is 9.62. The van der Waals surface area contributed by atoms with E-state index in [0.717, 1.165) is 10.6 Å². The van der Waals surface area contributed by atoms with Gasteiger partial charge in [-0.2, -0.15) is 0 Å². The fourth-order valence-corrected chi connectivity index (χ4v) is 0.709. The van der Waals surface area contributed by atoms with Crippen LogP contribution in [0.5, 0.6) is 11.5 Å². The van der Waals surface area contributed by atoms with Gasteiger partial charge >= 0.3 is 6.09 Å². The van der Waals surface area contributed by atoms with Crippen molar-refractivity contribution in [1.29, 1.82) is 0 Å². The lowest BCUT2D eigenvalue weighted by Crippen LogP contribution is -2.18. The number of hydrogen-bond donors (Lipinski definition) is 2. The molecule has 0 heterocycles. The van der Waals surface area contributed by atoms with Crippen LogP contribution in [0, 0.1) is 0 Å². The van der Waals surface area contributed by atoms with Gasteiger partial charge in [0.05, 0.1) is 6.61 Å². The molecule has 90 valence electrons. The Morgan fingerprint density at radius 3 is 2.06 bits per heavy atom. The number of phenolic OH excluding ortho intramolecular Hbond substituents is 1. The van der Waals surface area contributed by atoms with Crippen molar-refractivity contribution in [3.63, 3.8) is 0 Å². The summed E-state index contributed by atoms with van der Waals surface area (Å²) in [5, 5.41) is 16.8. The van der Waals surface area contributed by atoms with Crippen LogP contribution < -0.4 is 4.74 Å². The second-order valence-electron chi connectivity index (χ2n) is 3.10. The minimum atomic E-state index is -0.907. The van der Waals surface area contributed by atoms with Gasteiger partial charge in [-0.3, -0.25) is 0 Å². The summed E-state index contributed by atoms with van der Waals surface area (Å²) in [6, 6.07) is 6.67. The molecule has 0 aliphatic rings. The molecule has 0 aliphatic heterocycles. The van der Waals surface area contributed by atoms with Crippen LogP contribution in [-0.2, 0) is 0 Å². The van der Waals surface area contributed by atoms with E-state index < -0.39 is 6.09 Å². The molecule has 2 N–H and O–H groups in total. The average Bonchev–Trinajstić information content (AvgIpc) is 2.22. The quantitative estimate of drug-likeness (QED) is 0.810. The van der Waals surface area contributed by atoms with Gasteiger partial charge in [-0.05, 0) is 31.2 Å². The van der Waals surface area contributed by atoms with E-state index in [1.807, 2.05) is 6.92 Å². The van der Waals surface area contributed by atoms with Crippen LogP contribution in [0.1, 0.15) is 6.92 Å². The lowest BCUT2D eigenvalue weighted by molar-refractivity contribution is 0.165. The fraction of sp³-hybridized carbons (Fsp3) is 0.364. The first-order valence-corrected chi connectivity index (χ1v) is 4.79. The minimum absolute atomic E-state index is 0.267. The fourth-order valence-electron chi connectivity index (χ4n) is 0.709. The summed E-state index contributed by atoms with van der Waals surface area (Å²) < 4.78 is 5.15. The molecule has 1 amide bonds. The molecule has 16 heavy (non-hydrogen) atoms. The summed E-state index contributed by atoms with van der Waals surface area (Å²) in [7, 11) is 2.95. The van der Waals surface area contributed by atoms with Gasteiger partial charge in [0.25, 0.3) is 0 Å². The largest absolute Gasteiger partial charge is 0.508 e.